The van der Waals surface area contributed by atoms with Crippen molar-refractivity contribution in [2.24, 2.45) is 0 Å². The second-order valence-corrected chi connectivity index (χ2v) is 5.98. The molecule has 120 valence electrons. The van der Waals surface area contributed by atoms with E-state index in [1.165, 1.54) is 14.0 Å². The molecule has 0 atom stereocenters. The SMILES string of the molecule is COC(=O)c1cccc2c1-n1c(C)nnc1C(C)(C)N2C(C)=O. The topological polar surface area (TPSA) is 77.3 Å². The molecule has 1 amide bonds. The van der Waals surface area contributed by atoms with Crippen molar-refractivity contribution < 1.29 is 14.3 Å². The quantitative estimate of drug-likeness (QED) is 0.752. The minimum Gasteiger partial charge on any atom is -0.465 e. The minimum atomic E-state index is -0.686. The molecule has 3 rings (SSSR count). The lowest BCUT2D eigenvalue weighted by atomic mass is 9.94. The fourth-order valence-electron chi connectivity index (χ4n) is 3.21. The smallest absolute Gasteiger partial charge is 0.340 e. The van der Waals surface area contributed by atoms with Crippen LogP contribution in [0.4, 0.5) is 5.69 Å². The van der Waals surface area contributed by atoms with E-state index in [2.05, 4.69) is 10.2 Å². The number of para-hydroxylation sites is 1. The monoisotopic (exact) mass is 314 g/mol. The molecule has 1 aliphatic rings. The van der Waals surface area contributed by atoms with Gasteiger partial charge in [0, 0.05) is 6.92 Å². The number of esters is 1. The number of methoxy groups -OCH3 is 1. The fourth-order valence-corrected chi connectivity index (χ4v) is 3.21. The molecule has 7 nitrogen and oxygen atoms in total. The van der Waals surface area contributed by atoms with Crippen molar-refractivity contribution >= 4 is 17.6 Å². The number of fused-ring (bicyclic) bond motifs is 3. The van der Waals surface area contributed by atoms with Crippen molar-refractivity contribution in [2.45, 2.75) is 33.2 Å². The van der Waals surface area contributed by atoms with Gasteiger partial charge in [0.2, 0.25) is 5.91 Å². The average Bonchev–Trinajstić information content (AvgIpc) is 2.88. The highest BCUT2D eigenvalue weighted by molar-refractivity contribution is 6.02. The van der Waals surface area contributed by atoms with Gasteiger partial charge in [-0.1, -0.05) is 6.07 Å². The maximum absolute atomic E-state index is 12.3. The first-order chi connectivity index (χ1) is 10.8. The van der Waals surface area contributed by atoms with E-state index in [1.807, 2.05) is 31.4 Å². The third-order valence-electron chi connectivity index (χ3n) is 4.13. The Bertz CT molecular complexity index is 823. The highest BCUT2D eigenvalue weighted by Crippen LogP contribution is 2.43. The summed E-state index contributed by atoms with van der Waals surface area (Å²) in [5.41, 5.74) is 0.901. The average molecular weight is 314 g/mol. The summed E-state index contributed by atoms with van der Waals surface area (Å²) in [7, 11) is 1.33. The Morgan fingerprint density at radius 2 is 1.91 bits per heavy atom. The van der Waals surface area contributed by atoms with Gasteiger partial charge in [0.1, 0.15) is 11.4 Å². The van der Waals surface area contributed by atoms with Crippen LogP contribution in [0.25, 0.3) is 5.69 Å². The molecule has 0 bridgehead atoms. The van der Waals surface area contributed by atoms with Gasteiger partial charge in [0.15, 0.2) is 5.82 Å². The van der Waals surface area contributed by atoms with Crippen molar-refractivity contribution in [1.29, 1.82) is 0 Å². The normalized spacial score (nSPS) is 14.9. The van der Waals surface area contributed by atoms with Crippen LogP contribution >= 0.6 is 0 Å². The molecule has 0 fully saturated rings. The predicted molar refractivity (Wildman–Crippen MR) is 83.6 cm³/mol. The van der Waals surface area contributed by atoms with Crippen molar-refractivity contribution in [3.8, 4) is 5.69 Å². The van der Waals surface area contributed by atoms with Gasteiger partial charge in [-0.3, -0.25) is 14.3 Å². The number of carbonyl (C=O) groups is 2. The summed E-state index contributed by atoms with van der Waals surface area (Å²) in [6.07, 6.45) is 0. The lowest BCUT2D eigenvalue weighted by Gasteiger charge is -2.42. The Morgan fingerprint density at radius 1 is 1.22 bits per heavy atom. The summed E-state index contributed by atoms with van der Waals surface area (Å²) in [6.45, 7) is 7.12. The highest BCUT2D eigenvalue weighted by Gasteiger charge is 2.44. The molecule has 23 heavy (non-hydrogen) atoms. The largest absolute Gasteiger partial charge is 0.465 e. The van der Waals surface area contributed by atoms with Crippen molar-refractivity contribution in [1.82, 2.24) is 14.8 Å². The standard InChI is InChI=1S/C16H18N4O3/c1-9-17-18-15-16(3,4)20(10(2)21)12-8-6-7-11(14(22)23-5)13(12)19(9)15/h6-8H,1-5H3. The molecular formula is C16H18N4O3. The van der Waals surface area contributed by atoms with E-state index in [0.29, 0.717) is 28.6 Å². The van der Waals surface area contributed by atoms with E-state index in [1.54, 1.807) is 17.0 Å². The number of hydrogen-bond donors (Lipinski definition) is 0. The molecule has 0 aliphatic carbocycles. The number of amides is 1. The number of ether oxygens (including phenoxy) is 1. The third kappa shape index (κ3) is 1.96. The molecule has 1 aromatic heterocycles. The van der Waals surface area contributed by atoms with Crippen LogP contribution in [0.15, 0.2) is 18.2 Å². The minimum absolute atomic E-state index is 0.134. The van der Waals surface area contributed by atoms with Crippen LogP contribution < -0.4 is 4.90 Å². The number of benzene rings is 1. The second kappa shape index (κ2) is 4.91. The number of aryl methyl sites for hydroxylation is 1. The summed E-state index contributed by atoms with van der Waals surface area (Å²) < 4.78 is 6.71. The van der Waals surface area contributed by atoms with Gasteiger partial charge in [-0.2, -0.15) is 0 Å². The molecule has 0 N–H and O–H groups in total. The first-order valence-corrected chi connectivity index (χ1v) is 7.25. The molecule has 0 unspecified atom stereocenters. The van der Waals surface area contributed by atoms with E-state index in [4.69, 9.17) is 4.74 Å². The summed E-state index contributed by atoms with van der Waals surface area (Å²) >= 11 is 0. The van der Waals surface area contributed by atoms with Crippen LogP contribution in [0, 0.1) is 6.92 Å². The number of rotatable bonds is 1. The fraction of sp³-hybridized carbons (Fsp3) is 0.375. The zero-order chi connectivity index (χ0) is 16.9. The Hall–Kier alpha value is -2.70. The van der Waals surface area contributed by atoms with Crippen molar-refractivity contribution in [3.05, 3.63) is 35.4 Å². The van der Waals surface area contributed by atoms with Gasteiger partial charge in [-0.25, -0.2) is 4.79 Å². The Labute approximate surface area is 133 Å². The molecule has 0 spiro atoms. The lowest BCUT2D eigenvalue weighted by Crippen LogP contribution is -2.49. The van der Waals surface area contributed by atoms with E-state index in [0.717, 1.165) is 0 Å². The predicted octanol–water partition coefficient (Wildman–Crippen LogP) is 1.96. The Kier molecular flexibility index (Phi) is 3.24. The van der Waals surface area contributed by atoms with Crippen LogP contribution in [-0.2, 0) is 15.1 Å². The number of nitrogens with zero attached hydrogens (tertiary/aromatic N) is 4. The highest BCUT2D eigenvalue weighted by atomic mass is 16.5. The van der Waals surface area contributed by atoms with Crippen LogP contribution in [-0.4, -0.2) is 33.8 Å². The summed E-state index contributed by atoms with van der Waals surface area (Å²) in [5, 5.41) is 8.37. The van der Waals surface area contributed by atoms with Gasteiger partial charge in [-0.15, -0.1) is 10.2 Å². The van der Waals surface area contributed by atoms with Crippen molar-refractivity contribution in [2.75, 3.05) is 12.0 Å². The first kappa shape index (κ1) is 15.2. The summed E-state index contributed by atoms with van der Waals surface area (Å²) in [4.78, 5) is 26.1. The van der Waals surface area contributed by atoms with E-state index in [-0.39, 0.29) is 5.91 Å². The van der Waals surface area contributed by atoms with Gasteiger partial charge in [0.05, 0.1) is 24.0 Å². The van der Waals surface area contributed by atoms with Crippen LogP contribution in [0.5, 0.6) is 0 Å². The lowest BCUT2D eigenvalue weighted by molar-refractivity contribution is -0.117. The molecule has 0 saturated carbocycles. The van der Waals surface area contributed by atoms with E-state index < -0.39 is 11.5 Å². The number of anilines is 1. The first-order valence-electron chi connectivity index (χ1n) is 7.25. The number of carbonyl (C=O) groups excluding carboxylic acids is 2. The molecule has 0 radical (unpaired) electrons. The molecular weight excluding hydrogens is 296 g/mol. The van der Waals surface area contributed by atoms with Gasteiger partial charge < -0.3 is 4.74 Å². The van der Waals surface area contributed by atoms with Crippen LogP contribution in [0.2, 0.25) is 0 Å². The van der Waals surface area contributed by atoms with Gasteiger partial charge >= 0.3 is 5.97 Å². The van der Waals surface area contributed by atoms with Crippen LogP contribution in [0.3, 0.4) is 0 Å². The molecule has 2 heterocycles. The molecule has 1 aromatic carbocycles. The molecule has 1 aliphatic heterocycles. The maximum Gasteiger partial charge on any atom is 0.340 e. The Morgan fingerprint density at radius 3 is 2.52 bits per heavy atom. The molecule has 2 aromatic rings. The zero-order valence-electron chi connectivity index (χ0n) is 13.7. The second-order valence-electron chi connectivity index (χ2n) is 5.98. The summed E-state index contributed by atoms with van der Waals surface area (Å²) in [6, 6.07) is 5.22. The zero-order valence-corrected chi connectivity index (χ0v) is 13.7. The van der Waals surface area contributed by atoms with Gasteiger partial charge in [0.25, 0.3) is 0 Å². The third-order valence-corrected chi connectivity index (χ3v) is 4.13. The maximum atomic E-state index is 12.3. The van der Waals surface area contributed by atoms with E-state index >= 15 is 0 Å². The van der Waals surface area contributed by atoms with Gasteiger partial charge in [-0.05, 0) is 32.9 Å². The molecule has 7 heteroatoms. The van der Waals surface area contributed by atoms with Crippen LogP contribution in [0.1, 0.15) is 42.8 Å². The number of aromatic nitrogens is 3. The summed E-state index contributed by atoms with van der Waals surface area (Å²) in [5.74, 6) is 0.650. The Balaban J connectivity index is 2.43. The number of hydrogen-bond acceptors (Lipinski definition) is 5. The molecule has 0 saturated heterocycles. The van der Waals surface area contributed by atoms with Crippen molar-refractivity contribution in [3.63, 3.8) is 0 Å². The van der Waals surface area contributed by atoms with E-state index in [9.17, 15) is 9.59 Å².